The van der Waals surface area contributed by atoms with E-state index in [2.05, 4.69) is 6.07 Å². The molecule has 0 unspecified atom stereocenters. The molecule has 0 atom stereocenters. The number of benzene rings is 2. The van der Waals surface area contributed by atoms with Crippen LogP contribution in [0.15, 0.2) is 64.5 Å². The minimum Gasteiger partial charge on any atom is -0.495 e. The van der Waals surface area contributed by atoms with E-state index < -0.39 is 0 Å². The number of hydrogen-bond donors (Lipinski definition) is 0. The van der Waals surface area contributed by atoms with Gasteiger partial charge in [-0.25, -0.2) is 4.98 Å². The molecule has 4 aromatic rings. The molecule has 37 heavy (non-hydrogen) atoms. The Hall–Kier alpha value is -3.61. The summed E-state index contributed by atoms with van der Waals surface area (Å²) < 4.78 is 7.17. The maximum Gasteiger partial charge on any atom is 0.267 e. The normalized spacial score (nSPS) is 12.6. The quantitative estimate of drug-likeness (QED) is 0.225. The van der Waals surface area contributed by atoms with Crippen LogP contribution >= 0.6 is 23.1 Å². The van der Waals surface area contributed by atoms with Gasteiger partial charge in [0, 0.05) is 17.1 Å². The Balaban J connectivity index is 1.57. The number of anilines is 1. The van der Waals surface area contributed by atoms with Crippen LogP contribution in [0.3, 0.4) is 0 Å². The Bertz CT molecular complexity index is 1540. The average molecular weight is 531 g/mol. The first kappa shape index (κ1) is 25.1. The minimum absolute atomic E-state index is 0.0680. The molecule has 2 aromatic heterocycles. The number of carbonyl (C=O) groups excluding carboxylic acids is 1. The number of thioether (sulfide) groups is 1. The van der Waals surface area contributed by atoms with Crippen molar-refractivity contribution in [2.75, 3.05) is 24.3 Å². The lowest BCUT2D eigenvalue weighted by Crippen LogP contribution is -2.33. The van der Waals surface area contributed by atoms with Crippen molar-refractivity contribution in [3.05, 3.63) is 75.4 Å². The van der Waals surface area contributed by atoms with Crippen LogP contribution in [0.1, 0.15) is 29.7 Å². The molecule has 0 radical (unpaired) electrons. The van der Waals surface area contributed by atoms with Crippen molar-refractivity contribution in [3.63, 3.8) is 0 Å². The van der Waals surface area contributed by atoms with Gasteiger partial charge in [0.25, 0.3) is 5.56 Å². The van der Waals surface area contributed by atoms with Crippen LogP contribution in [0.4, 0.5) is 5.69 Å². The van der Waals surface area contributed by atoms with Crippen molar-refractivity contribution < 1.29 is 9.53 Å². The number of nitrogens with zero attached hydrogens (tertiary/aromatic N) is 4. The first-order valence-corrected chi connectivity index (χ1v) is 14.0. The molecule has 0 N–H and O–H groups in total. The third-order valence-corrected chi connectivity index (χ3v) is 8.53. The summed E-state index contributed by atoms with van der Waals surface area (Å²) in [6.45, 7) is 0.295. The zero-order valence-corrected chi connectivity index (χ0v) is 22.1. The van der Waals surface area contributed by atoms with E-state index in [1.165, 1.54) is 16.6 Å². The van der Waals surface area contributed by atoms with Gasteiger partial charge in [0.15, 0.2) is 5.16 Å². The van der Waals surface area contributed by atoms with Crippen molar-refractivity contribution in [2.45, 2.75) is 37.3 Å². The van der Waals surface area contributed by atoms with Gasteiger partial charge in [-0.15, -0.1) is 11.3 Å². The first-order valence-electron chi connectivity index (χ1n) is 12.2. The third-order valence-electron chi connectivity index (χ3n) is 6.43. The number of amides is 1. The summed E-state index contributed by atoms with van der Waals surface area (Å²) in [5.41, 5.74) is 2.32. The predicted molar refractivity (Wildman–Crippen MR) is 148 cm³/mol. The van der Waals surface area contributed by atoms with Crippen molar-refractivity contribution >= 4 is 44.9 Å². The molecule has 0 saturated carbocycles. The number of hydrogen-bond acceptors (Lipinski definition) is 7. The maximum atomic E-state index is 14.0. The summed E-state index contributed by atoms with van der Waals surface area (Å²) in [5.74, 6) is 0.471. The highest BCUT2D eigenvalue weighted by Crippen LogP contribution is 2.36. The molecule has 2 aromatic carbocycles. The molecular weight excluding hydrogens is 504 g/mol. The number of fused-ring (bicyclic) bond motifs is 3. The van der Waals surface area contributed by atoms with Gasteiger partial charge in [-0.2, -0.15) is 5.26 Å². The monoisotopic (exact) mass is 530 g/mol. The third kappa shape index (κ3) is 4.99. The largest absolute Gasteiger partial charge is 0.495 e. The van der Waals surface area contributed by atoms with Crippen LogP contribution in [-0.2, 0) is 17.6 Å². The lowest BCUT2D eigenvalue weighted by molar-refractivity contribution is -0.116. The molecule has 0 aliphatic heterocycles. The molecule has 5 rings (SSSR count). The van der Waals surface area contributed by atoms with E-state index in [4.69, 9.17) is 15.0 Å². The lowest BCUT2D eigenvalue weighted by Gasteiger charge is -2.22. The van der Waals surface area contributed by atoms with Gasteiger partial charge in [-0.3, -0.25) is 14.2 Å². The van der Waals surface area contributed by atoms with E-state index in [9.17, 15) is 9.59 Å². The van der Waals surface area contributed by atoms with Gasteiger partial charge in [0.1, 0.15) is 10.6 Å². The smallest absolute Gasteiger partial charge is 0.267 e. The minimum atomic E-state index is -0.155. The van der Waals surface area contributed by atoms with Crippen LogP contribution in [-0.4, -0.2) is 34.9 Å². The number of aryl methyl sites for hydroxylation is 2. The Kier molecular flexibility index (Phi) is 7.58. The van der Waals surface area contributed by atoms with E-state index in [0.29, 0.717) is 28.5 Å². The van der Waals surface area contributed by atoms with Crippen molar-refractivity contribution in [3.8, 4) is 17.5 Å². The number of carbonyl (C=O) groups is 1. The Labute approximate surface area is 223 Å². The molecule has 1 aliphatic rings. The van der Waals surface area contributed by atoms with Crippen LogP contribution in [0.2, 0.25) is 0 Å². The van der Waals surface area contributed by atoms with Crippen LogP contribution in [0, 0.1) is 11.3 Å². The zero-order valence-electron chi connectivity index (χ0n) is 20.5. The fourth-order valence-corrected chi connectivity index (χ4v) is 6.87. The second-order valence-corrected chi connectivity index (χ2v) is 10.7. The number of aromatic nitrogens is 2. The fourth-order valence-electron chi connectivity index (χ4n) is 4.68. The molecule has 9 heteroatoms. The van der Waals surface area contributed by atoms with Gasteiger partial charge in [0.2, 0.25) is 5.91 Å². The Morgan fingerprint density at radius 2 is 1.92 bits per heavy atom. The number of nitriles is 1. The van der Waals surface area contributed by atoms with Gasteiger partial charge in [0.05, 0.1) is 36.4 Å². The van der Waals surface area contributed by atoms with Crippen molar-refractivity contribution in [1.82, 2.24) is 9.55 Å². The number of para-hydroxylation sites is 3. The average Bonchev–Trinajstić information content (AvgIpc) is 3.31. The van der Waals surface area contributed by atoms with Crippen LogP contribution in [0.25, 0.3) is 15.9 Å². The molecule has 0 bridgehead atoms. The Morgan fingerprint density at radius 1 is 1.16 bits per heavy atom. The highest BCUT2D eigenvalue weighted by Gasteiger charge is 2.25. The second-order valence-electron chi connectivity index (χ2n) is 8.68. The standard InChI is InChI=1S/C28H26N4O3S2/c1-35-22-14-7-6-13-21(22)32-27(34)25-20-12-5-8-15-23(20)37-26(25)30-28(32)36-18-24(33)31(17-9-16-29)19-10-3-2-4-11-19/h2-4,6-7,10-11,13-14H,5,8-9,12,15,17-18H2,1H3. The number of methoxy groups -OCH3 is 1. The van der Waals surface area contributed by atoms with Gasteiger partial charge in [-0.05, 0) is 55.5 Å². The Morgan fingerprint density at radius 3 is 2.70 bits per heavy atom. The molecule has 2 heterocycles. The number of rotatable bonds is 8. The SMILES string of the molecule is COc1ccccc1-n1c(SCC(=O)N(CCC#N)c2ccccc2)nc2sc3c(c2c1=O)CCCC3. The van der Waals surface area contributed by atoms with E-state index in [1.807, 2.05) is 54.6 Å². The molecule has 7 nitrogen and oxygen atoms in total. The van der Waals surface area contributed by atoms with E-state index >= 15 is 0 Å². The first-order chi connectivity index (χ1) is 18.1. The fraction of sp³-hybridized carbons (Fsp3) is 0.286. The summed E-state index contributed by atoms with van der Waals surface area (Å²) in [6, 6.07) is 18.8. The van der Waals surface area contributed by atoms with Gasteiger partial charge < -0.3 is 9.64 Å². The molecule has 0 fully saturated rings. The number of ether oxygens (including phenoxy) is 1. The van der Waals surface area contributed by atoms with Crippen LogP contribution < -0.4 is 15.2 Å². The van der Waals surface area contributed by atoms with Crippen molar-refractivity contribution in [2.24, 2.45) is 0 Å². The highest BCUT2D eigenvalue weighted by molar-refractivity contribution is 7.99. The molecular formula is C28H26N4O3S2. The number of thiophene rings is 1. The van der Waals surface area contributed by atoms with Crippen LogP contribution in [0.5, 0.6) is 5.75 Å². The highest BCUT2D eigenvalue weighted by atomic mass is 32.2. The summed E-state index contributed by atoms with van der Waals surface area (Å²) >= 11 is 2.82. The molecule has 0 spiro atoms. The lowest BCUT2D eigenvalue weighted by atomic mass is 9.97. The van der Waals surface area contributed by atoms with Crippen molar-refractivity contribution in [1.29, 1.82) is 5.26 Å². The molecule has 0 saturated heterocycles. The maximum absolute atomic E-state index is 14.0. The van der Waals surface area contributed by atoms with E-state index in [-0.39, 0.29) is 23.6 Å². The predicted octanol–water partition coefficient (Wildman–Crippen LogP) is 5.37. The molecule has 1 aliphatic carbocycles. The van der Waals surface area contributed by atoms with E-state index in [0.717, 1.165) is 41.8 Å². The zero-order chi connectivity index (χ0) is 25.8. The van der Waals surface area contributed by atoms with E-state index in [1.54, 1.807) is 27.9 Å². The summed E-state index contributed by atoms with van der Waals surface area (Å²) in [5, 5.41) is 10.2. The molecule has 188 valence electrons. The van der Waals surface area contributed by atoms with Gasteiger partial charge >= 0.3 is 0 Å². The molecule has 1 amide bonds. The summed E-state index contributed by atoms with van der Waals surface area (Å²) in [4.78, 5) is 35.9. The second kappa shape index (κ2) is 11.2. The summed E-state index contributed by atoms with van der Waals surface area (Å²) in [6.07, 6.45) is 4.26. The summed E-state index contributed by atoms with van der Waals surface area (Å²) in [7, 11) is 1.57. The van der Waals surface area contributed by atoms with Gasteiger partial charge in [-0.1, -0.05) is 42.1 Å². The topological polar surface area (TPSA) is 88.2 Å².